The number of fused-ring (bicyclic) bond motifs is 1. The van der Waals surface area contributed by atoms with Crippen LogP contribution in [0.4, 0.5) is 26.7 Å². The molecule has 152 valence electrons. The third kappa shape index (κ3) is 3.71. The zero-order valence-corrected chi connectivity index (χ0v) is 14.6. The van der Waals surface area contributed by atoms with Gasteiger partial charge in [0.25, 0.3) is 5.91 Å². The molecule has 29 heavy (non-hydrogen) atoms. The number of aromatic nitrogens is 1. The smallest absolute Gasteiger partial charge is 0.405 e. The Kier molecular flexibility index (Phi) is 4.69. The summed E-state index contributed by atoms with van der Waals surface area (Å²) < 4.78 is 71.2. The van der Waals surface area contributed by atoms with Gasteiger partial charge in [-0.25, -0.2) is 13.6 Å². The fourth-order valence-corrected chi connectivity index (χ4v) is 2.93. The van der Waals surface area contributed by atoms with Gasteiger partial charge in [-0.15, -0.1) is 13.2 Å². The molecular formula is C18H12F5N3O3. The highest BCUT2D eigenvalue weighted by Crippen LogP contribution is 2.38. The van der Waals surface area contributed by atoms with Crippen molar-refractivity contribution < 1.29 is 36.3 Å². The molecular weight excluding hydrogens is 401 g/mol. The second-order valence-corrected chi connectivity index (χ2v) is 6.11. The van der Waals surface area contributed by atoms with Crippen LogP contribution in [0.5, 0.6) is 5.75 Å². The van der Waals surface area contributed by atoms with Crippen LogP contribution in [-0.2, 0) is 0 Å². The van der Waals surface area contributed by atoms with E-state index in [1.807, 2.05) is 0 Å². The number of amides is 2. The molecule has 0 bridgehead atoms. The molecule has 0 saturated carbocycles. The molecule has 0 unspecified atom stereocenters. The normalized spacial score (nSPS) is 11.7. The predicted molar refractivity (Wildman–Crippen MR) is 92.2 cm³/mol. The molecule has 1 heterocycles. The van der Waals surface area contributed by atoms with E-state index in [0.29, 0.717) is 12.1 Å². The van der Waals surface area contributed by atoms with Gasteiger partial charge >= 0.3 is 12.4 Å². The quantitative estimate of drug-likeness (QED) is 0.639. The maximum Gasteiger partial charge on any atom is 0.573 e. The molecule has 0 aliphatic heterocycles. The van der Waals surface area contributed by atoms with Crippen molar-refractivity contribution in [3.63, 3.8) is 0 Å². The fourth-order valence-electron chi connectivity index (χ4n) is 2.93. The van der Waals surface area contributed by atoms with Gasteiger partial charge in [0, 0.05) is 28.8 Å². The summed E-state index contributed by atoms with van der Waals surface area (Å²) >= 11 is 0. The van der Waals surface area contributed by atoms with E-state index in [2.05, 4.69) is 4.74 Å². The van der Waals surface area contributed by atoms with Gasteiger partial charge in [0.15, 0.2) is 0 Å². The molecule has 0 saturated heterocycles. The van der Waals surface area contributed by atoms with Gasteiger partial charge < -0.3 is 16.2 Å². The minimum Gasteiger partial charge on any atom is -0.405 e. The molecule has 6 nitrogen and oxygen atoms in total. The fraction of sp³-hybridized carbons (Fsp3) is 0.111. The number of ether oxygens (including phenoxy) is 1. The van der Waals surface area contributed by atoms with Crippen LogP contribution < -0.4 is 16.2 Å². The second-order valence-electron chi connectivity index (χ2n) is 6.11. The average molecular weight is 413 g/mol. The van der Waals surface area contributed by atoms with Gasteiger partial charge in [0.2, 0.25) is 0 Å². The summed E-state index contributed by atoms with van der Waals surface area (Å²) in [7, 11) is 0. The molecule has 0 aliphatic rings. The van der Waals surface area contributed by atoms with Crippen LogP contribution in [0.1, 0.15) is 15.9 Å². The van der Waals surface area contributed by atoms with Crippen LogP contribution in [0, 0.1) is 18.6 Å². The molecule has 0 aliphatic carbocycles. The van der Waals surface area contributed by atoms with Crippen LogP contribution in [0.25, 0.3) is 22.0 Å². The zero-order valence-electron chi connectivity index (χ0n) is 14.6. The zero-order chi connectivity index (χ0) is 21.7. The van der Waals surface area contributed by atoms with Crippen molar-refractivity contribution in [3.05, 3.63) is 53.2 Å². The number of carbonyl (C=O) groups excluding carboxylic acids is 2. The van der Waals surface area contributed by atoms with Crippen molar-refractivity contribution in [2.45, 2.75) is 13.3 Å². The Morgan fingerprint density at radius 1 is 1.00 bits per heavy atom. The first-order valence-electron chi connectivity index (χ1n) is 7.89. The minimum atomic E-state index is -4.98. The SMILES string of the molecule is Cc1cc2c(-c3cc(F)c(C(N)=O)cc3F)cn(C(N)=O)c2cc1OC(F)(F)F. The third-order valence-electron chi connectivity index (χ3n) is 4.18. The van der Waals surface area contributed by atoms with E-state index >= 15 is 0 Å². The molecule has 1 aromatic heterocycles. The third-order valence-corrected chi connectivity index (χ3v) is 4.18. The summed E-state index contributed by atoms with van der Waals surface area (Å²) in [5.74, 6) is -3.91. The maximum atomic E-state index is 14.5. The van der Waals surface area contributed by atoms with Gasteiger partial charge in [0.1, 0.15) is 17.4 Å². The monoisotopic (exact) mass is 413 g/mol. The lowest BCUT2D eigenvalue weighted by molar-refractivity contribution is -0.274. The van der Waals surface area contributed by atoms with Crippen molar-refractivity contribution in [3.8, 4) is 16.9 Å². The van der Waals surface area contributed by atoms with E-state index in [0.717, 1.165) is 16.8 Å². The highest BCUT2D eigenvalue weighted by Gasteiger charge is 2.32. The van der Waals surface area contributed by atoms with Crippen LogP contribution in [0.15, 0.2) is 30.5 Å². The van der Waals surface area contributed by atoms with Crippen molar-refractivity contribution >= 4 is 22.8 Å². The van der Waals surface area contributed by atoms with Gasteiger partial charge in [-0.05, 0) is 30.7 Å². The van der Waals surface area contributed by atoms with Crippen molar-refractivity contribution in [2.75, 3.05) is 0 Å². The first-order chi connectivity index (χ1) is 13.4. The summed E-state index contributed by atoms with van der Waals surface area (Å²) in [6.07, 6.45) is -3.93. The molecule has 4 N–H and O–H groups in total. The number of rotatable bonds is 3. The largest absolute Gasteiger partial charge is 0.573 e. The lowest BCUT2D eigenvalue weighted by atomic mass is 10.0. The summed E-state index contributed by atoms with van der Waals surface area (Å²) in [6, 6.07) is 2.35. The summed E-state index contributed by atoms with van der Waals surface area (Å²) in [5.41, 5.74) is 9.07. The minimum absolute atomic E-state index is 0.0212. The number of carbonyl (C=O) groups is 2. The molecule has 2 amide bonds. The molecule has 0 radical (unpaired) electrons. The lowest BCUT2D eigenvalue weighted by Crippen LogP contribution is -2.19. The standard InChI is InChI=1S/C18H12F5N3O3/c1-7-2-9-11(8-3-13(20)10(16(24)27)4-12(8)19)6-26(17(25)28)14(9)5-15(7)29-18(21,22)23/h2-6H,1H3,(H2,24,27)(H2,25,28). The van der Waals surface area contributed by atoms with Crippen molar-refractivity contribution in [2.24, 2.45) is 11.5 Å². The van der Waals surface area contributed by atoms with E-state index in [1.54, 1.807) is 0 Å². The predicted octanol–water partition coefficient (Wildman–Crippen LogP) is 3.82. The van der Waals surface area contributed by atoms with E-state index in [-0.39, 0.29) is 27.6 Å². The van der Waals surface area contributed by atoms with Gasteiger partial charge in [0.05, 0.1) is 11.1 Å². The Morgan fingerprint density at radius 3 is 2.21 bits per heavy atom. The molecule has 0 spiro atoms. The maximum absolute atomic E-state index is 14.5. The first kappa shape index (κ1) is 20.1. The van der Waals surface area contributed by atoms with E-state index in [4.69, 9.17) is 11.5 Å². The number of benzene rings is 2. The van der Waals surface area contributed by atoms with E-state index in [9.17, 15) is 31.5 Å². The summed E-state index contributed by atoms with van der Waals surface area (Å²) in [4.78, 5) is 22.9. The van der Waals surface area contributed by atoms with Gasteiger partial charge in [-0.1, -0.05) is 0 Å². The number of nitrogens with zero attached hydrogens (tertiary/aromatic N) is 1. The van der Waals surface area contributed by atoms with E-state index < -0.39 is 41.2 Å². The molecule has 0 fully saturated rings. The number of primary amides is 2. The number of alkyl halides is 3. The topological polar surface area (TPSA) is 100 Å². The number of hydrogen-bond acceptors (Lipinski definition) is 3. The highest BCUT2D eigenvalue weighted by molar-refractivity contribution is 6.03. The van der Waals surface area contributed by atoms with E-state index in [1.165, 1.54) is 13.0 Å². The Hall–Kier alpha value is -3.63. The number of halogens is 5. The van der Waals surface area contributed by atoms with Crippen LogP contribution >= 0.6 is 0 Å². The second kappa shape index (κ2) is 6.76. The van der Waals surface area contributed by atoms with Crippen molar-refractivity contribution in [1.82, 2.24) is 4.57 Å². The number of nitrogens with two attached hydrogens (primary N) is 2. The summed E-state index contributed by atoms with van der Waals surface area (Å²) in [5, 5.41) is 0.112. The molecule has 2 aromatic carbocycles. The van der Waals surface area contributed by atoms with Gasteiger partial charge in [-0.2, -0.15) is 0 Å². The summed E-state index contributed by atoms with van der Waals surface area (Å²) in [6.45, 7) is 1.30. The number of hydrogen-bond donors (Lipinski definition) is 2. The average Bonchev–Trinajstić information content (AvgIpc) is 2.93. The molecule has 11 heteroatoms. The van der Waals surface area contributed by atoms with Crippen LogP contribution in [-0.4, -0.2) is 22.9 Å². The van der Waals surface area contributed by atoms with Crippen LogP contribution in [0.2, 0.25) is 0 Å². The Bertz CT molecular complexity index is 1170. The number of aryl methyl sites for hydroxylation is 1. The molecule has 0 atom stereocenters. The Morgan fingerprint density at radius 2 is 1.66 bits per heavy atom. The Balaban J connectivity index is 2.30. The lowest BCUT2D eigenvalue weighted by Gasteiger charge is -2.12. The van der Waals surface area contributed by atoms with Gasteiger partial charge in [-0.3, -0.25) is 9.36 Å². The highest BCUT2D eigenvalue weighted by atomic mass is 19.4. The van der Waals surface area contributed by atoms with Crippen molar-refractivity contribution in [1.29, 1.82) is 0 Å². The molecule has 3 aromatic rings. The molecule has 3 rings (SSSR count). The Labute approximate surface area is 159 Å². The first-order valence-corrected chi connectivity index (χ1v) is 7.89. The van der Waals surface area contributed by atoms with Crippen LogP contribution in [0.3, 0.4) is 0 Å².